The molecule has 11 nitrogen and oxygen atoms in total. The Morgan fingerprint density at radius 3 is 2.78 bits per heavy atom. The summed E-state index contributed by atoms with van der Waals surface area (Å²) in [7, 11) is 0. The summed E-state index contributed by atoms with van der Waals surface area (Å²) in [6.07, 6.45) is 0.905. The molecular weight excluding hydrogens is 532 g/mol. The van der Waals surface area contributed by atoms with Crippen molar-refractivity contribution in [2.45, 2.75) is 69.5 Å². The summed E-state index contributed by atoms with van der Waals surface area (Å²) in [6.45, 7) is 2.68. The van der Waals surface area contributed by atoms with Gasteiger partial charge in [0.15, 0.2) is 29.3 Å². The number of halogens is 1. The Balaban J connectivity index is 1.31. The molecule has 0 radical (unpaired) electrons. The molecular formula is C24H29BrN6O5. The molecule has 1 saturated carbocycles. The number of rotatable bonds is 8. The summed E-state index contributed by atoms with van der Waals surface area (Å²) < 4.78 is 14.5. The number of likely N-dealkylation sites (N-methyl/N-ethyl adjacent to an activating group) is 1. The average Bonchev–Trinajstić information content (AvgIpc) is 3.58. The van der Waals surface area contributed by atoms with E-state index in [9.17, 15) is 15.0 Å². The highest BCUT2D eigenvalue weighted by Gasteiger charge is 2.47. The molecule has 2 fully saturated rings. The van der Waals surface area contributed by atoms with Crippen LogP contribution in [0, 0.1) is 0 Å². The Morgan fingerprint density at radius 2 is 2.00 bits per heavy atom. The van der Waals surface area contributed by atoms with Gasteiger partial charge in [0.1, 0.15) is 18.5 Å². The third-order valence-electron chi connectivity index (χ3n) is 6.63. The van der Waals surface area contributed by atoms with E-state index in [4.69, 9.17) is 9.47 Å². The molecule has 192 valence electrons. The number of carbonyl (C=O) groups is 1. The first-order valence-corrected chi connectivity index (χ1v) is 12.8. The number of ether oxygens (including phenoxy) is 2. The van der Waals surface area contributed by atoms with Crippen molar-refractivity contribution in [2.75, 3.05) is 11.9 Å². The summed E-state index contributed by atoms with van der Waals surface area (Å²) in [6, 6.07) is 8.13. The SMILES string of the molecule is CCNC(=O)[C@H]1O[C@@H](n2cnc3c(N[C@@H]4CCC[C@H]4OCc4ccc(Br)cc4)ncnc32)[C@H](O)[C@@H]1O. The number of aromatic nitrogens is 4. The van der Waals surface area contributed by atoms with E-state index in [0.29, 0.717) is 30.1 Å². The van der Waals surface area contributed by atoms with E-state index in [1.165, 1.54) is 17.2 Å². The number of aliphatic hydroxyl groups is 2. The summed E-state index contributed by atoms with van der Waals surface area (Å²) in [5.41, 5.74) is 2.03. The van der Waals surface area contributed by atoms with Gasteiger partial charge in [-0.25, -0.2) is 15.0 Å². The smallest absolute Gasteiger partial charge is 0.252 e. The second-order valence-electron chi connectivity index (χ2n) is 9.03. The van der Waals surface area contributed by atoms with Crippen molar-refractivity contribution in [1.29, 1.82) is 0 Å². The Morgan fingerprint density at radius 1 is 1.19 bits per heavy atom. The number of aliphatic hydroxyl groups excluding tert-OH is 2. The van der Waals surface area contributed by atoms with Crippen LogP contribution in [0.15, 0.2) is 41.4 Å². The van der Waals surface area contributed by atoms with Crippen LogP contribution in [-0.2, 0) is 20.9 Å². The monoisotopic (exact) mass is 560 g/mol. The maximum Gasteiger partial charge on any atom is 0.252 e. The molecule has 1 aliphatic heterocycles. The first-order valence-electron chi connectivity index (χ1n) is 12.1. The molecule has 12 heteroatoms. The zero-order chi connectivity index (χ0) is 25.2. The zero-order valence-corrected chi connectivity index (χ0v) is 21.3. The second kappa shape index (κ2) is 10.8. The molecule has 5 rings (SSSR count). The van der Waals surface area contributed by atoms with Crippen molar-refractivity contribution in [3.63, 3.8) is 0 Å². The lowest BCUT2D eigenvalue weighted by atomic mass is 10.1. The quantitative estimate of drug-likeness (QED) is 0.324. The maximum atomic E-state index is 12.2. The molecule has 6 atom stereocenters. The molecule has 4 N–H and O–H groups in total. The lowest BCUT2D eigenvalue weighted by molar-refractivity contribution is -0.137. The number of anilines is 1. The Hall–Kier alpha value is -2.64. The molecule has 3 aromatic rings. The van der Waals surface area contributed by atoms with Gasteiger partial charge in [0, 0.05) is 11.0 Å². The summed E-state index contributed by atoms with van der Waals surface area (Å²) in [4.78, 5) is 25.4. The minimum atomic E-state index is -1.37. The van der Waals surface area contributed by atoms with E-state index in [-0.39, 0.29) is 12.1 Å². The molecule has 2 aromatic heterocycles. The van der Waals surface area contributed by atoms with Crippen LogP contribution in [0.1, 0.15) is 38.0 Å². The van der Waals surface area contributed by atoms with Crippen LogP contribution in [0.3, 0.4) is 0 Å². The minimum Gasteiger partial charge on any atom is -0.387 e. The van der Waals surface area contributed by atoms with Crippen LogP contribution >= 0.6 is 15.9 Å². The van der Waals surface area contributed by atoms with Crippen LogP contribution in [0.4, 0.5) is 5.82 Å². The molecule has 3 heterocycles. The topological polar surface area (TPSA) is 144 Å². The van der Waals surface area contributed by atoms with Crippen molar-refractivity contribution in [3.05, 3.63) is 47.0 Å². The van der Waals surface area contributed by atoms with Gasteiger partial charge < -0.3 is 30.3 Å². The van der Waals surface area contributed by atoms with Crippen molar-refractivity contribution >= 4 is 38.8 Å². The number of amides is 1. The number of imidazole rings is 1. The van der Waals surface area contributed by atoms with Gasteiger partial charge in [0.05, 0.1) is 25.1 Å². The lowest BCUT2D eigenvalue weighted by Gasteiger charge is -2.22. The predicted octanol–water partition coefficient (Wildman–Crippen LogP) is 1.89. The van der Waals surface area contributed by atoms with Gasteiger partial charge in [0.25, 0.3) is 5.91 Å². The Kier molecular flexibility index (Phi) is 7.49. The minimum absolute atomic E-state index is 0.0220. The lowest BCUT2D eigenvalue weighted by Crippen LogP contribution is -2.42. The summed E-state index contributed by atoms with van der Waals surface area (Å²) in [5.74, 6) is 0.0690. The fourth-order valence-electron chi connectivity index (χ4n) is 4.77. The van der Waals surface area contributed by atoms with Crippen LogP contribution in [-0.4, -0.2) is 72.6 Å². The van der Waals surface area contributed by atoms with Gasteiger partial charge >= 0.3 is 0 Å². The van der Waals surface area contributed by atoms with Gasteiger partial charge in [-0.2, -0.15) is 0 Å². The first kappa shape index (κ1) is 25.0. The van der Waals surface area contributed by atoms with E-state index in [0.717, 1.165) is 29.3 Å². The fraction of sp³-hybridized carbons (Fsp3) is 0.500. The molecule has 36 heavy (non-hydrogen) atoms. The number of carbonyl (C=O) groups excluding carboxylic acids is 1. The number of fused-ring (bicyclic) bond motifs is 1. The van der Waals surface area contributed by atoms with Crippen LogP contribution in [0.2, 0.25) is 0 Å². The molecule has 1 aliphatic carbocycles. The maximum absolute atomic E-state index is 12.2. The van der Waals surface area contributed by atoms with Crippen LogP contribution in [0.25, 0.3) is 11.2 Å². The molecule has 1 saturated heterocycles. The summed E-state index contributed by atoms with van der Waals surface area (Å²) in [5, 5.41) is 27.1. The largest absolute Gasteiger partial charge is 0.387 e. The predicted molar refractivity (Wildman–Crippen MR) is 134 cm³/mol. The fourth-order valence-corrected chi connectivity index (χ4v) is 5.04. The number of hydrogen-bond acceptors (Lipinski definition) is 9. The van der Waals surface area contributed by atoms with Gasteiger partial charge in [-0.15, -0.1) is 0 Å². The zero-order valence-electron chi connectivity index (χ0n) is 19.7. The Bertz CT molecular complexity index is 1210. The third kappa shape index (κ3) is 4.96. The number of nitrogens with one attached hydrogen (secondary N) is 2. The molecule has 0 spiro atoms. The Labute approximate surface area is 216 Å². The number of hydrogen-bond donors (Lipinski definition) is 4. The number of benzene rings is 1. The van der Waals surface area contributed by atoms with Crippen molar-refractivity contribution in [2.24, 2.45) is 0 Å². The standard InChI is InChI=1S/C24H29BrN6O5/c1-2-26-23(34)20-18(32)19(33)24(36-20)31-12-29-17-21(27-11-28-22(17)31)30-15-4-3-5-16(15)35-10-13-6-8-14(25)9-7-13/h6-9,11-12,15-16,18-20,24,32-33H,2-5,10H2,1H3,(H,26,34)(H,27,28,30)/t15-,16-,18+,19-,20+,24-/m1/s1. The van der Waals surface area contributed by atoms with Crippen LogP contribution in [0.5, 0.6) is 0 Å². The molecule has 2 aliphatic rings. The molecule has 0 unspecified atom stereocenters. The molecule has 0 bridgehead atoms. The highest BCUT2D eigenvalue weighted by Crippen LogP contribution is 2.33. The van der Waals surface area contributed by atoms with Crippen molar-refractivity contribution in [1.82, 2.24) is 24.8 Å². The third-order valence-corrected chi connectivity index (χ3v) is 7.16. The van der Waals surface area contributed by atoms with E-state index < -0.39 is 30.4 Å². The number of nitrogens with zero attached hydrogens (tertiary/aromatic N) is 4. The highest BCUT2D eigenvalue weighted by molar-refractivity contribution is 9.10. The summed E-state index contributed by atoms with van der Waals surface area (Å²) >= 11 is 3.45. The van der Waals surface area contributed by atoms with E-state index in [1.807, 2.05) is 24.3 Å². The average molecular weight is 561 g/mol. The highest BCUT2D eigenvalue weighted by atomic mass is 79.9. The van der Waals surface area contributed by atoms with Gasteiger partial charge in [0.2, 0.25) is 0 Å². The van der Waals surface area contributed by atoms with Crippen LogP contribution < -0.4 is 10.6 Å². The van der Waals surface area contributed by atoms with Gasteiger partial charge in [-0.1, -0.05) is 28.1 Å². The van der Waals surface area contributed by atoms with Gasteiger partial charge in [-0.3, -0.25) is 9.36 Å². The second-order valence-corrected chi connectivity index (χ2v) is 9.94. The van der Waals surface area contributed by atoms with Crippen molar-refractivity contribution < 1.29 is 24.5 Å². The normalized spacial score (nSPS) is 28.0. The van der Waals surface area contributed by atoms with E-state index in [1.54, 1.807) is 6.92 Å². The molecule has 1 amide bonds. The molecule has 1 aromatic carbocycles. The van der Waals surface area contributed by atoms with Crippen molar-refractivity contribution in [3.8, 4) is 0 Å². The van der Waals surface area contributed by atoms with Gasteiger partial charge in [-0.05, 0) is 43.9 Å². The first-order chi connectivity index (χ1) is 17.5. The van der Waals surface area contributed by atoms with E-state index in [2.05, 4.69) is 41.5 Å². The van der Waals surface area contributed by atoms with E-state index >= 15 is 0 Å².